The Morgan fingerprint density at radius 2 is 1.70 bits per heavy atom. The van der Waals surface area contributed by atoms with Crippen molar-refractivity contribution >= 4 is 28.1 Å². The van der Waals surface area contributed by atoms with Crippen molar-refractivity contribution < 1.29 is 18.0 Å². The zero-order chi connectivity index (χ0) is 21.0. The first-order chi connectivity index (χ1) is 14.3. The fourth-order valence-corrected chi connectivity index (χ4v) is 3.52. The van der Waals surface area contributed by atoms with Gasteiger partial charge >= 0.3 is 6.18 Å². The summed E-state index contributed by atoms with van der Waals surface area (Å²) in [4.78, 5) is 28.1. The van der Waals surface area contributed by atoms with E-state index < -0.39 is 17.8 Å². The monoisotopic (exact) mass is 407 g/mol. The second-order valence-electron chi connectivity index (χ2n) is 6.87. The first-order valence-electron chi connectivity index (χ1n) is 8.93. The highest BCUT2D eigenvalue weighted by atomic mass is 19.4. The summed E-state index contributed by atoms with van der Waals surface area (Å²) >= 11 is 0. The van der Waals surface area contributed by atoms with Crippen molar-refractivity contribution in [3.63, 3.8) is 0 Å². The number of alkyl halides is 3. The minimum atomic E-state index is -4.73. The van der Waals surface area contributed by atoms with Gasteiger partial charge in [-0.15, -0.1) is 0 Å². The maximum Gasteiger partial charge on any atom is 0.451 e. The third-order valence-corrected chi connectivity index (χ3v) is 4.82. The molecular weight excluding hydrogens is 395 g/mol. The molecule has 0 atom stereocenters. The minimum absolute atomic E-state index is 0.211. The number of aromatic nitrogens is 4. The molecule has 30 heavy (non-hydrogen) atoms. The lowest BCUT2D eigenvalue weighted by atomic mass is 10.0. The Labute approximate surface area is 167 Å². The molecule has 0 spiro atoms. The van der Waals surface area contributed by atoms with E-state index in [0.29, 0.717) is 16.5 Å². The second-order valence-corrected chi connectivity index (χ2v) is 6.87. The van der Waals surface area contributed by atoms with Crippen LogP contribution in [0.25, 0.3) is 22.0 Å². The number of fused-ring (bicyclic) bond motifs is 5. The van der Waals surface area contributed by atoms with Crippen molar-refractivity contribution in [2.24, 2.45) is 0 Å². The molecule has 0 radical (unpaired) electrons. The number of nitrogens with one attached hydrogen (secondary N) is 1. The molecule has 148 valence electrons. The summed E-state index contributed by atoms with van der Waals surface area (Å²) in [7, 11) is 0. The van der Waals surface area contributed by atoms with E-state index in [4.69, 9.17) is 0 Å². The lowest BCUT2D eigenvalue weighted by Crippen LogP contribution is -2.13. The lowest BCUT2D eigenvalue weighted by Gasteiger charge is -2.10. The van der Waals surface area contributed by atoms with Gasteiger partial charge < -0.3 is 5.32 Å². The SMILES string of the molecule is Cc1cc(Nc2ccc3ncc4c(c3c2)-c2cnc(C(F)(F)F)nc2C4=O)ccn1. The predicted molar refractivity (Wildman–Crippen MR) is 103 cm³/mol. The van der Waals surface area contributed by atoms with Crippen molar-refractivity contribution in [1.29, 1.82) is 0 Å². The largest absolute Gasteiger partial charge is 0.451 e. The maximum absolute atomic E-state index is 13.0. The standard InChI is InChI=1S/C21H12F3N5O/c1-10-6-12(4-5-25-10)28-11-2-3-16-13(7-11)17-14-8-27-20(21(22,23)24)29-18(14)19(30)15(17)9-26-16/h2-9H,1H3,(H,25,28). The molecule has 0 fully saturated rings. The number of anilines is 2. The highest BCUT2D eigenvalue weighted by Crippen LogP contribution is 2.41. The molecule has 0 unspecified atom stereocenters. The molecule has 0 amide bonds. The summed E-state index contributed by atoms with van der Waals surface area (Å²) in [6.07, 6.45) is -0.623. The van der Waals surface area contributed by atoms with Gasteiger partial charge in [-0.1, -0.05) is 0 Å². The zero-order valence-electron chi connectivity index (χ0n) is 15.4. The van der Waals surface area contributed by atoms with Crippen LogP contribution in [0.1, 0.15) is 27.6 Å². The van der Waals surface area contributed by atoms with E-state index in [0.717, 1.165) is 23.3 Å². The molecule has 9 heteroatoms. The number of nitrogens with zero attached hydrogens (tertiary/aromatic N) is 4. The van der Waals surface area contributed by atoms with Crippen molar-refractivity contribution in [3.8, 4) is 11.1 Å². The van der Waals surface area contributed by atoms with Gasteiger partial charge in [0.2, 0.25) is 11.6 Å². The van der Waals surface area contributed by atoms with Crippen molar-refractivity contribution in [3.05, 3.63) is 71.7 Å². The third kappa shape index (κ3) is 2.86. The number of carbonyl (C=O) groups excluding carboxylic acids is 1. The topological polar surface area (TPSA) is 80.7 Å². The molecule has 3 heterocycles. The summed E-state index contributed by atoms with van der Waals surface area (Å²) < 4.78 is 39.0. The first kappa shape index (κ1) is 18.2. The molecule has 0 aliphatic heterocycles. The molecule has 1 N–H and O–H groups in total. The third-order valence-electron chi connectivity index (χ3n) is 4.82. The number of aryl methyl sites for hydroxylation is 1. The van der Waals surface area contributed by atoms with Crippen LogP contribution in [-0.2, 0) is 6.18 Å². The summed E-state index contributed by atoms with van der Waals surface area (Å²) in [6.45, 7) is 1.88. The minimum Gasteiger partial charge on any atom is -0.355 e. The number of ketones is 1. The van der Waals surface area contributed by atoms with E-state index in [1.807, 2.05) is 25.1 Å². The molecule has 1 aliphatic rings. The molecule has 4 aromatic rings. The van der Waals surface area contributed by atoms with Gasteiger partial charge in [0.1, 0.15) is 5.69 Å². The van der Waals surface area contributed by atoms with Gasteiger partial charge in [-0.2, -0.15) is 13.2 Å². The van der Waals surface area contributed by atoms with E-state index >= 15 is 0 Å². The number of carbonyl (C=O) groups is 1. The average Bonchev–Trinajstić information content (AvgIpc) is 2.99. The normalized spacial score (nSPS) is 12.7. The summed E-state index contributed by atoms with van der Waals surface area (Å²) in [5, 5.41) is 3.88. The Bertz CT molecular complexity index is 1350. The molecular formula is C21H12F3N5O. The van der Waals surface area contributed by atoms with Crippen molar-refractivity contribution in [1.82, 2.24) is 19.9 Å². The van der Waals surface area contributed by atoms with Gasteiger partial charge in [0.05, 0.1) is 11.1 Å². The van der Waals surface area contributed by atoms with E-state index in [1.54, 1.807) is 18.3 Å². The quantitative estimate of drug-likeness (QED) is 0.457. The van der Waals surface area contributed by atoms with E-state index in [1.165, 1.54) is 6.20 Å². The number of benzene rings is 1. The Kier molecular flexibility index (Phi) is 3.82. The fraction of sp³-hybridized carbons (Fsp3) is 0.0952. The Hall–Kier alpha value is -3.88. The zero-order valence-corrected chi connectivity index (χ0v) is 15.4. The Morgan fingerprint density at radius 1 is 0.933 bits per heavy atom. The van der Waals surface area contributed by atoms with Gasteiger partial charge in [-0.3, -0.25) is 14.8 Å². The number of halogens is 3. The molecule has 5 rings (SSSR count). The summed E-state index contributed by atoms with van der Waals surface area (Å²) in [6, 6.07) is 9.11. The van der Waals surface area contributed by atoms with Gasteiger partial charge in [-0.05, 0) is 37.3 Å². The van der Waals surface area contributed by atoms with Crippen molar-refractivity contribution in [2.45, 2.75) is 13.1 Å². The summed E-state index contributed by atoms with van der Waals surface area (Å²) in [5.41, 5.74) is 3.73. The Morgan fingerprint density at radius 3 is 2.47 bits per heavy atom. The molecule has 1 aliphatic carbocycles. The van der Waals surface area contributed by atoms with Crippen molar-refractivity contribution in [2.75, 3.05) is 5.32 Å². The van der Waals surface area contributed by atoms with Crippen LogP contribution in [0.15, 0.2) is 48.9 Å². The number of hydrogen-bond donors (Lipinski definition) is 1. The van der Waals surface area contributed by atoms with E-state index in [9.17, 15) is 18.0 Å². The highest BCUT2D eigenvalue weighted by Gasteiger charge is 2.38. The first-order valence-corrected chi connectivity index (χ1v) is 8.93. The Balaban J connectivity index is 1.66. The van der Waals surface area contributed by atoms with Crippen LogP contribution in [0.3, 0.4) is 0 Å². The highest BCUT2D eigenvalue weighted by molar-refractivity contribution is 6.24. The van der Waals surface area contributed by atoms with Gasteiger partial charge in [0, 0.05) is 52.2 Å². The molecule has 0 saturated carbocycles. The van der Waals surface area contributed by atoms with Crippen LogP contribution in [0.2, 0.25) is 0 Å². The molecule has 3 aromatic heterocycles. The lowest BCUT2D eigenvalue weighted by molar-refractivity contribution is -0.145. The van der Waals surface area contributed by atoms with Crippen LogP contribution in [0, 0.1) is 6.92 Å². The predicted octanol–water partition coefficient (Wildman–Crippen LogP) is 4.70. The number of rotatable bonds is 2. The maximum atomic E-state index is 13.0. The van der Waals surface area contributed by atoms with Crippen LogP contribution in [-0.4, -0.2) is 25.7 Å². The van der Waals surface area contributed by atoms with Gasteiger partial charge in [-0.25, -0.2) is 9.97 Å². The molecule has 0 saturated heterocycles. The second kappa shape index (κ2) is 6.31. The van der Waals surface area contributed by atoms with E-state index in [-0.39, 0.29) is 16.8 Å². The number of hydrogen-bond acceptors (Lipinski definition) is 6. The van der Waals surface area contributed by atoms with Crippen LogP contribution in [0.5, 0.6) is 0 Å². The summed E-state index contributed by atoms with van der Waals surface area (Å²) in [5.74, 6) is -1.93. The van der Waals surface area contributed by atoms with Crippen LogP contribution >= 0.6 is 0 Å². The smallest absolute Gasteiger partial charge is 0.355 e. The van der Waals surface area contributed by atoms with Crippen LogP contribution < -0.4 is 5.32 Å². The number of pyridine rings is 2. The van der Waals surface area contributed by atoms with Gasteiger partial charge in [0.25, 0.3) is 0 Å². The van der Waals surface area contributed by atoms with Crippen LogP contribution in [0.4, 0.5) is 24.5 Å². The average molecular weight is 407 g/mol. The van der Waals surface area contributed by atoms with Gasteiger partial charge in [0.15, 0.2) is 0 Å². The molecule has 0 bridgehead atoms. The van der Waals surface area contributed by atoms with E-state index in [2.05, 4.69) is 25.3 Å². The molecule has 6 nitrogen and oxygen atoms in total. The fourth-order valence-electron chi connectivity index (χ4n) is 3.52. The molecule has 1 aromatic carbocycles.